The Labute approximate surface area is 162 Å². The first-order valence-electron chi connectivity index (χ1n) is 7.84. The van der Waals surface area contributed by atoms with Crippen molar-refractivity contribution in [3.63, 3.8) is 0 Å². The number of aromatic nitrogens is 2. The van der Waals surface area contributed by atoms with Crippen LogP contribution in [0.5, 0.6) is 0 Å². The lowest BCUT2D eigenvalue weighted by atomic mass is 10.1. The molecular formula is C17H12ClN5O5. The first kappa shape index (κ1) is 19.0. The number of nitro benzene ring substituents is 2. The number of carbonyl (C=O) groups excluding carboxylic acids is 1. The van der Waals surface area contributed by atoms with Crippen LogP contribution in [-0.4, -0.2) is 25.5 Å². The van der Waals surface area contributed by atoms with Gasteiger partial charge in [-0.15, -0.1) is 0 Å². The summed E-state index contributed by atoms with van der Waals surface area (Å²) in [6.45, 7) is 0.440. The predicted molar refractivity (Wildman–Crippen MR) is 100 cm³/mol. The fourth-order valence-electron chi connectivity index (χ4n) is 2.43. The van der Waals surface area contributed by atoms with Crippen LogP contribution in [-0.2, 0) is 6.54 Å². The van der Waals surface area contributed by atoms with Crippen molar-refractivity contribution in [1.82, 2.24) is 9.78 Å². The highest BCUT2D eigenvalue weighted by molar-refractivity contribution is 6.30. The monoisotopic (exact) mass is 401 g/mol. The van der Waals surface area contributed by atoms with Crippen molar-refractivity contribution in [2.75, 3.05) is 5.32 Å². The molecule has 0 fully saturated rings. The van der Waals surface area contributed by atoms with Gasteiger partial charge in [0, 0.05) is 23.4 Å². The van der Waals surface area contributed by atoms with E-state index in [0.717, 1.165) is 23.8 Å². The number of nitrogens with zero attached hydrogens (tertiary/aromatic N) is 4. The van der Waals surface area contributed by atoms with Crippen LogP contribution < -0.4 is 5.32 Å². The normalized spacial score (nSPS) is 10.5. The molecule has 10 nitrogen and oxygen atoms in total. The second kappa shape index (κ2) is 7.84. The number of hydrogen-bond acceptors (Lipinski definition) is 6. The molecule has 0 atom stereocenters. The Morgan fingerprint density at radius 3 is 2.25 bits per heavy atom. The van der Waals surface area contributed by atoms with Gasteiger partial charge in [0.1, 0.15) is 0 Å². The molecule has 0 aliphatic carbocycles. The number of carbonyl (C=O) groups is 1. The zero-order valence-electron chi connectivity index (χ0n) is 14.1. The molecule has 1 aromatic heterocycles. The number of amides is 1. The number of nitro groups is 2. The molecule has 0 saturated heterocycles. The summed E-state index contributed by atoms with van der Waals surface area (Å²) in [6.07, 6.45) is 2.97. The zero-order valence-corrected chi connectivity index (χ0v) is 14.9. The van der Waals surface area contributed by atoms with Crippen LogP contribution >= 0.6 is 11.6 Å². The number of non-ortho nitro benzene ring substituents is 2. The summed E-state index contributed by atoms with van der Waals surface area (Å²) in [5, 5.41) is 29.1. The van der Waals surface area contributed by atoms with Gasteiger partial charge >= 0.3 is 0 Å². The standard InChI is InChI=1S/C17H12ClN5O5/c18-13-3-1-11(2-4-13)9-21-10-14(8-19-21)20-17(24)12-5-15(22(25)26)7-16(6-12)23(27)28/h1-8,10H,9H2,(H,20,24). The fourth-order valence-corrected chi connectivity index (χ4v) is 2.56. The highest BCUT2D eigenvalue weighted by Crippen LogP contribution is 2.23. The molecule has 3 rings (SSSR count). The third-order valence-electron chi connectivity index (χ3n) is 3.74. The van der Waals surface area contributed by atoms with Gasteiger partial charge in [-0.05, 0) is 17.7 Å². The number of benzene rings is 2. The topological polar surface area (TPSA) is 133 Å². The van der Waals surface area contributed by atoms with Gasteiger partial charge in [-0.2, -0.15) is 5.10 Å². The number of anilines is 1. The predicted octanol–water partition coefficient (Wildman–Crippen LogP) is 3.65. The zero-order chi connectivity index (χ0) is 20.3. The lowest BCUT2D eigenvalue weighted by Gasteiger charge is -2.04. The van der Waals surface area contributed by atoms with Crippen molar-refractivity contribution in [2.45, 2.75) is 6.54 Å². The molecular weight excluding hydrogens is 390 g/mol. The van der Waals surface area contributed by atoms with Crippen LogP contribution in [0.2, 0.25) is 5.02 Å². The molecule has 2 aromatic carbocycles. The average Bonchev–Trinajstić information content (AvgIpc) is 3.10. The molecule has 1 amide bonds. The molecule has 142 valence electrons. The summed E-state index contributed by atoms with van der Waals surface area (Å²) in [5.74, 6) is -0.724. The molecule has 0 spiro atoms. The van der Waals surface area contributed by atoms with Crippen LogP contribution in [0.4, 0.5) is 17.1 Å². The van der Waals surface area contributed by atoms with Crippen LogP contribution in [0, 0.1) is 20.2 Å². The Bertz CT molecular complexity index is 1030. The van der Waals surface area contributed by atoms with Gasteiger partial charge in [0.25, 0.3) is 17.3 Å². The summed E-state index contributed by atoms with van der Waals surface area (Å²) in [6, 6.07) is 9.91. The highest BCUT2D eigenvalue weighted by atomic mass is 35.5. The highest BCUT2D eigenvalue weighted by Gasteiger charge is 2.20. The van der Waals surface area contributed by atoms with Gasteiger partial charge < -0.3 is 5.32 Å². The molecule has 0 saturated carbocycles. The van der Waals surface area contributed by atoms with E-state index >= 15 is 0 Å². The van der Waals surface area contributed by atoms with E-state index in [9.17, 15) is 25.0 Å². The number of nitrogens with one attached hydrogen (secondary N) is 1. The van der Waals surface area contributed by atoms with Crippen molar-refractivity contribution in [3.05, 3.63) is 91.2 Å². The molecule has 0 aliphatic rings. The number of hydrogen-bond donors (Lipinski definition) is 1. The molecule has 3 aromatic rings. The number of rotatable bonds is 6. The minimum atomic E-state index is -0.798. The van der Waals surface area contributed by atoms with Crippen molar-refractivity contribution >= 4 is 34.6 Å². The lowest BCUT2D eigenvalue weighted by molar-refractivity contribution is -0.394. The summed E-state index contributed by atoms with van der Waals surface area (Å²) < 4.78 is 1.58. The van der Waals surface area contributed by atoms with Crippen LogP contribution in [0.3, 0.4) is 0 Å². The van der Waals surface area contributed by atoms with Gasteiger partial charge in [0.05, 0.1) is 39.9 Å². The van der Waals surface area contributed by atoms with E-state index in [2.05, 4.69) is 10.4 Å². The second-order valence-corrected chi connectivity index (χ2v) is 6.20. The Morgan fingerprint density at radius 1 is 1.07 bits per heavy atom. The second-order valence-electron chi connectivity index (χ2n) is 5.76. The molecule has 1 heterocycles. The van der Waals surface area contributed by atoms with E-state index in [1.807, 2.05) is 12.1 Å². The van der Waals surface area contributed by atoms with Gasteiger partial charge in [-0.25, -0.2) is 0 Å². The fraction of sp³-hybridized carbons (Fsp3) is 0.0588. The quantitative estimate of drug-likeness (QED) is 0.495. The minimum absolute atomic E-state index is 0.202. The first-order chi connectivity index (χ1) is 13.3. The summed E-state index contributed by atoms with van der Waals surface area (Å²) in [4.78, 5) is 32.6. The summed E-state index contributed by atoms with van der Waals surface area (Å²) >= 11 is 5.84. The molecule has 0 bridgehead atoms. The maximum Gasteiger partial charge on any atom is 0.277 e. The van der Waals surface area contributed by atoms with Crippen LogP contribution in [0.25, 0.3) is 0 Å². The van der Waals surface area contributed by atoms with E-state index < -0.39 is 27.1 Å². The van der Waals surface area contributed by atoms with Gasteiger partial charge in [-0.1, -0.05) is 23.7 Å². The van der Waals surface area contributed by atoms with E-state index in [0.29, 0.717) is 17.3 Å². The third-order valence-corrected chi connectivity index (χ3v) is 3.99. The molecule has 1 N–H and O–H groups in total. The third kappa shape index (κ3) is 4.48. The Hall–Kier alpha value is -3.79. The Kier molecular flexibility index (Phi) is 5.32. The van der Waals surface area contributed by atoms with Gasteiger partial charge in [-0.3, -0.25) is 29.7 Å². The Balaban J connectivity index is 1.76. The van der Waals surface area contributed by atoms with E-state index in [4.69, 9.17) is 11.6 Å². The van der Waals surface area contributed by atoms with E-state index in [1.165, 1.54) is 6.20 Å². The molecule has 0 radical (unpaired) electrons. The van der Waals surface area contributed by atoms with Crippen molar-refractivity contribution < 1.29 is 14.6 Å². The molecule has 0 aliphatic heterocycles. The van der Waals surface area contributed by atoms with Gasteiger partial charge in [0.2, 0.25) is 0 Å². The summed E-state index contributed by atoms with van der Waals surface area (Å²) in [7, 11) is 0. The molecule has 28 heavy (non-hydrogen) atoms. The maximum absolute atomic E-state index is 12.4. The summed E-state index contributed by atoms with van der Waals surface area (Å²) in [5.41, 5.74) is -0.00488. The lowest BCUT2D eigenvalue weighted by Crippen LogP contribution is -2.12. The van der Waals surface area contributed by atoms with Crippen LogP contribution in [0.15, 0.2) is 54.9 Å². The van der Waals surface area contributed by atoms with Gasteiger partial charge in [0.15, 0.2) is 0 Å². The molecule has 0 unspecified atom stereocenters. The molecule has 11 heteroatoms. The largest absolute Gasteiger partial charge is 0.319 e. The van der Waals surface area contributed by atoms with E-state index in [-0.39, 0.29) is 5.56 Å². The van der Waals surface area contributed by atoms with Crippen molar-refractivity contribution in [3.8, 4) is 0 Å². The van der Waals surface area contributed by atoms with Crippen molar-refractivity contribution in [2.24, 2.45) is 0 Å². The van der Waals surface area contributed by atoms with Crippen LogP contribution in [0.1, 0.15) is 15.9 Å². The van der Waals surface area contributed by atoms with Crippen molar-refractivity contribution in [1.29, 1.82) is 0 Å². The number of halogens is 1. The smallest absolute Gasteiger partial charge is 0.277 e. The average molecular weight is 402 g/mol. The van der Waals surface area contributed by atoms with E-state index in [1.54, 1.807) is 23.0 Å². The first-order valence-corrected chi connectivity index (χ1v) is 8.22. The minimum Gasteiger partial charge on any atom is -0.319 e. The SMILES string of the molecule is O=C(Nc1cnn(Cc2ccc(Cl)cc2)c1)c1cc([N+](=O)[O-])cc([N+](=O)[O-])c1. The maximum atomic E-state index is 12.4. The Morgan fingerprint density at radius 2 is 1.68 bits per heavy atom.